The fourth-order valence-electron chi connectivity index (χ4n) is 4.12. The van der Waals surface area contributed by atoms with Gasteiger partial charge in [0.15, 0.2) is 0 Å². The highest BCUT2D eigenvalue weighted by atomic mass is 32.2. The monoisotopic (exact) mass is 549 g/mol. The van der Waals surface area contributed by atoms with Crippen LogP contribution in [0.2, 0.25) is 0 Å². The normalized spacial score (nSPS) is 12.5. The van der Waals surface area contributed by atoms with Crippen LogP contribution in [0.5, 0.6) is 0 Å². The number of nitrogens with one attached hydrogen (secondary N) is 1. The largest absolute Gasteiger partial charge is 0.350 e. The Morgan fingerprint density at radius 1 is 0.846 bits per heavy atom. The second kappa shape index (κ2) is 12.5. The van der Waals surface area contributed by atoms with Crippen molar-refractivity contribution in [2.24, 2.45) is 0 Å². The summed E-state index contributed by atoms with van der Waals surface area (Å²) in [7, 11) is -4.07. The molecule has 0 aliphatic carbocycles. The Morgan fingerprint density at radius 2 is 1.38 bits per heavy atom. The molecule has 3 aromatic rings. The van der Waals surface area contributed by atoms with Gasteiger partial charge in [0.1, 0.15) is 12.6 Å². The van der Waals surface area contributed by atoms with Gasteiger partial charge in [0.2, 0.25) is 11.8 Å². The SMILES string of the molecule is Cc1ccc(N(CC(=O)N(CCc2ccccc2)[C@H](C)C(=O)NC(C)(C)C)S(=O)(=O)c2ccc(C)cc2)cc1. The van der Waals surface area contributed by atoms with Crippen LogP contribution in [0.3, 0.4) is 0 Å². The standard InChI is InChI=1S/C31H39N3O4S/c1-23-12-16-27(17-13-23)34(39(37,38)28-18-14-24(2)15-19-28)22-29(35)33(21-20-26-10-8-7-9-11-26)25(3)30(36)32-31(4,5)6/h7-19,25H,20-22H2,1-6H3,(H,32,36)/t25-/m1/s1. The summed E-state index contributed by atoms with van der Waals surface area (Å²) in [5.74, 6) is -0.758. The molecule has 3 rings (SSSR count). The summed E-state index contributed by atoms with van der Waals surface area (Å²) in [6.45, 7) is 10.9. The van der Waals surface area contributed by atoms with Gasteiger partial charge in [-0.3, -0.25) is 13.9 Å². The smallest absolute Gasteiger partial charge is 0.264 e. The van der Waals surface area contributed by atoms with E-state index >= 15 is 0 Å². The van der Waals surface area contributed by atoms with E-state index in [9.17, 15) is 18.0 Å². The average molecular weight is 550 g/mol. The molecule has 2 amide bonds. The number of nitrogens with zero attached hydrogens (tertiary/aromatic N) is 2. The fourth-order valence-corrected chi connectivity index (χ4v) is 5.54. The molecule has 1 N–H and O–H groups in total. The minimum atomic E-state index is -4.07. The van der Waals surface area contributed by atoms with E-state index < -0.39 is 34.1 Å². The molecule has 39 heavy (non-hydrogen) atoms. The van der Waals surface area contributed by atoms with E-state index in [-0.39, 0.29) is 17.3 Å². The van der Waals surface area contributed by atoms with Crippen LogP contribution in [0.15, 0.2) is 83.8 Å². The first-order valence-corrected chi connectivity index (χ1v) is 14.5. The van der Waals surface area contributed by atoms with Crippen molar-refractivity contribution in [1.82, 2.24) is 10.2 Å². The Morgan fingerprint density at radius 3 is 1.92 bits per heavy atom. The Hall–Kier alpha value is -3.65. The molecule has 1 atom stereocenters. The molecule has 0 bridgehead atoms. The molecule has 0 aliphatic rings. The quantitative estimate of drug-likeness (QED) is 0.391. The number of hydrogen-bond donors (Lipinski definition) is 1. The second-order valence-electron chi connectivity index (χ2n) is 10.9. The number of aryl methyl sites for hydroxylation is 2. The highest BCUT2D eigenvalue weighted by Crippen LogP contribution is 2.25. The lowest BCUT2D eigenvalue weighted by Crippen LogP contribution is -2.55. The first-order chi connectivity index (χ1) is 18.3. The minimum absolute atomic E-state index is 0.0934. The minimum Gasteiger partial charge on any atom is -0.350 e. The van der Waals surface area contributed by atoms with Crippen molar-refractivity contribution in [2.75, 3.05) is 17.4 Å². The van der Waals surface area contributed by atoms with Gasteiger partial charge in [-0.2, -0.15) is 0 Å². The molecule has 0 aliphatic heterocycles. The Kier molecular flexibility index (Phi) is 9.56. The van der Waals surface area contributed by atoms with Crippen molar-refractivity contribution >= 4 is 27.5 Å². The zero-order valence-electron chi connectivity index (χ0n) is 23.6. The number of amides is 2. The molecule has 208 valence electrons. The molecule has 0 fully saturated rings. The molecule has 0 unspecified atom stereocenters. The van der Waals surface area contributed by atoms with E-state index in [1.807, 2.05) is 77.1 Å². The first-order valence-electron chi connectivity index (χ1n) is 13.1. The summed E-state index contributed by atoms with van der Waals surface area (Å²) in [6.07, 6.45) is 0.523. The molecular formula is C31H39N3O4S. The number of rotatable bonds is 10. The molecule has 0 saturated carbocycles. The summed E-state index contributed by atoms with van der Waals surface area (Å²) < 4.78 is 28.8. The third-order valence-corrected chi connectivity index (χ3v) is 8.15. The number of carbonyl (C=O) groups excluding carboxylic acids is 2. The van der Waals surface area contributed by atoms with Crippen molar-refractivity contribution < 1.29 is 18.0 Å². The predicted molar refractivity (Wildman–Crippen MR) is 156 cm³/mol. The summed E-state index contributed by atoms with van der Waals surface area (Å²) in [4.78, 5) is 28.6. The predicted octanol–water partition coefficient (Wildman–Crippen LogP) is 4.87. The van der Waals surface area contributed by atoms with Crippen LogP contribution >= 0.6 is 0 Å². The summed E-state index contributed by atoms with van der Waals surface area (Å²) in [5, 5.41) is 2.94. The van der Waals surface area contributed by atoms with E-state index in [1.54, 1.807) is 43.3 Å². The maximum atomic E-state index is 13.9. The van der Waals surface area contributed by atoms with Gasteiger partial charge in [0, 0.05) is 12.1 Å². The first kappa shape index (κ1) is 29.9. The molecule has 0 aromatic heterocycles. The second-order valence-corrected chi connectivity index (χ2v) is 12.8. The molecule has 8 heteroatoms. The number of carbonyl (C=O) groups is 2. The summed E-state index contributed by atoms with van der Waals surface area (Å²) in [5.41, 5.74) is 2.81. The Labute approximate surface area is 232 Å². The highest BCUT2D eigenvalue weighted by Gasteiger charge is 2.33. The van der Waals surface area contributed by atoms with Gasteiger partial charge >= 0.3 is 0 Å². The number of hydrogen-bond acceptors (Lipinski definition) is 4. The van der Waals surface area contributed by atoms with Crippen molar-refractivity contribution in [3.05, 3.63) is 95.6 Å². The molecular weight excluding hydrogens is 510 g/mol. The maximum Gasteiger partial charge on any atom is 0.264 e. The van der Waals surface area contributed by atoms with Crippen LogP contribution in [-0.4, -0.2) is 49.8 Å². The van der Waals surface area contributed by atoms with Gasteiger partial charge in [0.25, 0.3) is 10.0 Å². The van der Waals surface area contributed by atoms with Gasteiger partial charge in [-0.25, -0.2) is 8.42 Å². The van der Waals surface area contributed by atoms with Crippen LogP contribution in [0.25, 0.3) is 0 Å². The highest BCUT2D eigenvalue weighted by molar-refractivity contribution is 7.92. The van der Waals surface area contributed by atoms with Crippen molar-refractivity contribution in [3.63, 3.8) is 0 Å². The zero-order chi connectivity index (χ0) is 28.8. The summed E-state index contributed by atoms with van der Waals surface area (Å²) in [6, 6.07) is 22.4. The van der Waals surface area contributed by atoms with Gasteiger partial charge in [0.05, 0.1) is 10.6 Å². The van der Waals surface area contributed by atoms with Crippen molar-refractivity contribution in [2.45, 2.75) is 64.4 Å². The Balaban J connectivity index is 1.98. The lowest BCUT2D eigenvalue weighted by Gasteiger charge is -2.33. The average Bonchev–Trinajstić information content (AvgIpc) is 2.87. The maximum absolute atomic E-state index is 13.9. The fraction of sp³-hybridized carbons (Fsp3) is 0.355. The number of benzene rings is 3. The lowest BCUT2D eigenvalue weighted by molar-refractivity contribution is -0.139. The lowest BCUT2D eigenvalue weighted by atomic mass is 10.1. The van der Waals surface area contributed by atoms with Crippen molar-refractivity contribution in [3.8, 4) is 0 Å². The van der Waals surface area contributed by atoms with Gasteiger partial charge < -0.3 is 10.2 Å². The van der Waals surface area contributed by atoms with Crippen molar-refractivity contribution in [1.29, 1.82) is 0 Å². The van der Waals surface area contributed by atoms with E-state index in [0.29, 0.717) is 12.1 Å². The molecule has 0 saturated heterocycles. The molecule has 3 aromatic carbocycles. The molecule has 0 radical (unpaired) electrons. The van der Waals surface area contributed by atoms with Gasteiger partial charge in [-0.1, -0.05) is 65.7 Å². The third kappa shape index (κ3) is 8.17. The summed E-state index contributed by atoms with van der Waals surface area (Å²) >= 11 is 0. The van der Waals surface area contributed by atoms with E-state index in [2.05, 4.69) is 5.32 Å². The van der Waals surface area contributed by atoms with E-state index in [0.717, 1.165) is 21.0 Å². The van der Waals surface area contributed by atoms with Gasteiger partial charge in [-0.15, -0.1) is 0 Å². The molecule has 7 nitrogen and oxygen atoms in total. The van der Waals surface area contributed by atoms with Crippen LogP contribution in [0.4, 0.5) is 5.69 Å². The van der Waals surface area contributed by atoms with E-state index in [1.165, 1.54) is 4.90 Å². The molecule has 0 heterocycles. The van der Waals surface area contributed by atoms with Crippen LogP contribution < -0.4 is 9.62 Å². The van der Waals surface area contributed by atoms with Crippen LogP contribution in [0, 0.1) is 13.8 Å². The van der Waals surface area contributed by atoms with E-state index in [4.69, 9.17) is 0 Å². The van der Waals surface area contributed by atoms with Gasteiger partial charge in [-0.05, 0) is 77.8 Å². The Bertz CT molecular complexity index is 1360. The topological polar surface area (TPSA) is 86.8 Å². The zero-order valence-corrected chi connectivity index (χ0v) is 24.5. The number of sulfonamides is 1. The van der Waals surface area contributed by atoms with Crippen LogP contribution in [-0.2, 0) is 26.0 Å². The van der Waals surface area contributed by atoms with Crippen LogP contribution in [0.1, 0.15) is 44.4 Å². The molecule has 0 spiro atoms. The third-order valence-electron chi connectivity index (χ3n) is 6.36. The number of anilines is 1.